The zero-order valence-electron chi connectivity index (χ0n) is 20.7. The van der Waals surface area contributed by atoms with Gasteiger partial charge in [0.25, 0.3) is 0 Å². The van der Waals surface area contributed by atoms with Gasteiger partial charge in [0.15, 0.2) is 11.0 Å². The first-order chi connectivity index (χ1) is 17.5. The summed E-state index contributed by atoms with van der Waals surface area (Å²) in [4.78, 5) is 12.8. The van der Waals surface area contributed by atoms with Gasteiger partial charge in [-0.15, -0.1) is 10.2 Å². The topological polar surface area (TPSA) is 90.3 Å². The minimum Gasteiger partial charge on any atom is -0.497 e. The van der Waals surface area contributed by atoms with Gasteiger partial charge in [-0.2, -0.15) is 0 Å². The van der Waals surface area contributed by atoms with E-state index in [1.165, 1.54) is 0 Å². The number of nitrogens with zero attached hydrogens (tertiary/aromatic N) is 3. The van der Waals surface area contributed by atoms with E-state index >= 15 is 0 Å². The van der Waals surface area contributed by atoms with Crippen molar-refractivity contribution >= 4 is 23.5 Å². The number of amides is 2. The van der Waals surface area contributed by atoms with E-state index in [1.807, 2.05) is 73.0 Å². The highest BCUT2D eigenvalue weighted by Crippen LogP contribution is 2.29. The molecule has 0 radical (unpaired) electrons. The van der Waals surface area contributed by atoms with Crippen molar-refractivity contribution in [3.8, 4) is 17.2 Å². The van der Waals surface area contributed by atoms with Gasteiger partial charge in [-0.3, -0.25) is 4.57 Å². The van der Waals surface area contributed by atoms with Gasteiger partial charge in [0.05, 0.1) is 25.9 Å². The third-order valence-corrected chi connectivity index (χ3v) is 6.54. The number of aromatic nitrogens is 3. The molecule has 1 heterocycles. The molecule has 0 aliphatic carbocycles. The van der Waals surface area contributed by atoms with E-state index in [9.17, 15) is 4.79 Å². The number of thioether (sulfide) groups is 1. The van der Waals surface area contributed by atoms with Gasteiger partial charge in [0.2, 0.25) is 0 Å². The van der Waals surface area contributed by atoms with Crippen molar-refractivity contribution in [3.05, 3.63) is 89.7 Å². The number of benzene rings is 3. The Morgan fingerprint density at radius 1 is 1.00 bits per heavy atom. The summed E-state index contributed by atoms with van der Waals surface area (Å²) in [5.74, 6) is 2.71. The van der Waals surface area contributed by atoms with Crippen LogP contribution >= 0.6 is 11.8 Å². The van der Waals surface area contributed by atoms with Crippen LogP contribution in [0.1, 0.15) is 29.9 Å². The van der Waals surface area contributed by atoms with Gasteiger partial charge in [0.1, 0.15) is 11.5 Å². The summed E-state index contributed by atoms with van der Waals surface area (Å²) < 4.78 is 12.7. The summed E-state index contributed by atoms with van der Waals surface area (Å²) in [6, 6.07) is 22.6. The number of para-hydroxylation sites is 2. The summed E-state index contributed by atoms with van der Waals surface area (Å²) >= 11 is 1.57. The number of hydrogen-bond donors (Lipinski definition) is 2. The number of aryl methyl sites for hydroxylation is 1. The van der Waals surface area contributed by atoms with Crippen LogP contribution in [0, 0.1) is 6.92 Å². The second-order valence-electron chi connectivity index (χ2n) is 8.17. The van der Waals surface area contributed by atoms with Crippen molar-refractivity contribution in [2.24, 2.45) is 0 Å². The number of ether oxygens (including phenoxy) is 2. The predicted molar refractivity (Wildman–Crippen MR) is 142 cm³/mol. The van der Waals surface area contributed by atoms with Crippen molar-refractivity contribution in [2.45, 2.75) is 30.8 Å². The molecular weight excluding hydrogens is 474 g/mol. The van der Waals surface area contributed by atoms with Crippen molar-refractivity contribution in [1.82, 2.24) is 20.1 Å². The Labute approximate surface area is 215 Å². The summed E-state index contributed by atoms with van der Waals surface area (Å²) in [5.41, 5.74) is 3.77. The zero-order chi connectivity index (χ0) is 25.5. The van der Waals surface area contributed by atoms with Crippen LogP contribution < -0.4 is 20.1 Å². The molecule has 0 bridgehead atoms. The number of rotatable bonds is 9. The number of methoxy groups -OCH3 is 2. The summed E-state index contributed by atoms with van der Waals surface area (Å²) in [6.45, 7) is 3.93. The van der Waals surface area contributed by atoms with Gasteiger partial charge in [0, 0.05) is 11.4 Å². The van der Waals surface area contributed by atoms with Crippen LogP contribution in [0.3, 0.4) is 0 Å². The molecule has 0 aliphatic heterocycles. The second kappa shape index (κ2) is 11.6. The van der Waals surface area contributed by atoms with Crippen LogP contribution in [0.25, 0.3) is 5.69 Å². The SMILES string of the molecule is COc1cccc(CSc2nnc(C(C)NC(=O)Nc3ccccc3OC)n2-c2ccc(C)cc2)c1. The zero-order valence-corrected chi connectivity index (χ0v) is 21.5. The lowest BCUT2D eigenvalue weighted by Gasteiger charge is -2.17. The smallest absolute Gasteiger partial charge is 0.319 e. The number of nitrogens with one attached hydrogen (secondary N) is 2. The average molecular weight is 504 g/mol. The average Bonchev–Trinajstić information content (AvgIpc) is 3.32. The third kappa shape index (κ3) is 5.98. The molecule has 0 saturated heterocycles. The Hall–Kier alpha value is -3.98. The quantitative estimate of drug-likeness (QED) is 0.282. The molecule has 4 aromatic rings. The number of carbonyl (C=O) groups excluding carboxylic acids is 1. The van der Waals surface area contributed by atoms with E-state index < -0.39 is 6.04 Å². The van der Waals surface area contributed by atoms with E-state index in [2.05, 4.69) is 26.9 Å². The van der Waals surface area contributed by atoms with Gasteiger partial charge in [-0.25, -0.2) is 4.79 Å². The lowest BCUT2D eigenvalue weighted by molar-refractivity contribution is 0.248. The summed E-state index contributed by atoms with van der Waals surface area (Å²) in [7, 11) is 3.22. The first-order valence-corrected chi connectivity index (χ1v) is 12.5. The maximum atomic E-state index is 12.8. The van der Waals surface area contributed by atoms with Crippen LogP contribution in [-0.4, -0.2) is 35.0 Å². The molecule has 36 heavy (non-hydrogen) atoms. The molecule has 9 heteroatoms. The van der Waals surface area contributed by atoms with E-state index in [4.69, 9.17) is 9.47 Å². The molecule has 0 aliphatic rings. The Kier molecular flexibility index (Phi) is 8.12. The monoisotopic (exact) mass is 503 g/mol. The highest BCUT2D eigenvalue weighted by atomic mass is 32.2. The first-order valence-electron chi connectivity index (χ1n) is 11.5. The maximum Gasteiger partial charge on any atom is 0.319 e. The van der Waals surface area contributed by atoms with E-state index in [-0.39, 0.29) is 6.03 Å². The molecule has 186 valence electrons. The highest BCUT2D eigenvalue weighted by Gasteiger charge is 2.21. The van der Waals surface area contributed by atoms with Crippen LogP contribution in [0.2, 0.25) is 0 Å². The van der Waals surface area contributed by atoms with Gasteiger partial charge < -0.3 is 20.1 Å². The lowest BCUT2D eigenvalue weighted by atomic mass is 10.2. The molecule has 4 rings (SSSR count). The molecule has 1 aromatic heterocycles. The molecule has 0 fully saturated rings. The summed E-state index contributed by atoms with van der Waals surface area (Å²) in [5, 5.41) is 15.5. The fourth-order valence-electron chi connectivity index (χ4n) is 3.67. The van der Waals surface area contributed by atoms with E-state index in [0.717, 1.165) is 27.7 Å². The lowest BCUT2D eigenvalue weighted by Crippen LogP contribution is -2.32. The van der Waals surface area contributed by atoms with E-state index in [1.54, 1.807) is 38.1 Å². The highest BCUT2D eigenvalue weighted by molar-refractivity contribution is 7.98. The minimum absolute atomic E-state index is 0.365. The van der Waals surface area contributed by atoms with Crippen LogP contribution in [0.4, 0.5) is 10.5 Å². The largest absolute Gasteiger partial charge is 0.497 e. The van der Waals surface area contributed by atoms with E-state index in [0.29, 0.717) is 23.0 Å². The van der Waals surface area contributed by atoms with Crippen molar-refractivity contribution in [3.63, 3.8) is 0 Å². The van der Waals surface area contributed by atoms with Crippen molar-refractivity contribution in [2.75, 3.05) is 19.5 Å². The number of hydrogen-bond acceptors (Lipinski definition) is 6. The number of carbonyl (C=O) groups is 1. The third-order valence-electron chi connectivity index (χ3n) is 5.54. The molecule has 1 atom stereocenters. The van der Waals surface area contributed by atoms with Gasteiger partial charge in [-0.05, 0) is 55.8 Å². The van der Waals surface area contributed by atoms with Crippen LogP contribution in [0.15, 0.2) is 78.0 Å². The predicted octanol–water partition coefficient (Wildman–Crippen LogP) is 5.77. The molecule has 2 N–H and O–H groups in total. The Bertz CT molecular complexity index is 1320. The minimum atomic E-state index is -0.417. The Morgan fingerprint density at radius 2 is 1.78 bits per heavy atom. The molecule has 0 spiro atoms. The van der Waals surface area contributed by atoms with Crippen molar-refractivity contribution in [1.29, 1.82) is 0 Å². The molecule has 8 nitrogen and oxygen atoms in total. The first kappa shape index (κ1) is 25.1. The molecular formula is C27H29N5O3S. The van der Waals surface area contributed by atoms with Gasteiger partial charge >= 0.3 is 6.03 Å². The fourth-order valence-corrected chi connectivity index (χ4v) is 4.57. The molecule has 3 aromatic carbocycles. The second-order valence-corrected chi connectivity index (χ2v) is 9.11. The fraction of sp³-hybridized carbons (Fsp3) is 0.222. The Balaban J connectivity index is 1.57. The van der Waals surface area contributed by atoms with Gasteiger partial charge in [-0.1, -0.05) is 53.7 Å². The molecule has 2 amide bonds. The summed E-state index contributed by atoms with van der Waals surface area (Å²) in [6.07, 6.45) is 0. The van der Waals surface area contributed by atoms with Crippen LogP contribution in [-0.2, 0) is 5.75 Å². The Morgan fingerprint density at radius 3 is 2.53 bits per heavy atom. The normalized spacial score (nSPS) is 11.6. The molecule has 1 unspecified atom stereocenters. The maximum absolute atomic E-state index is 12.8. The molecule has 0 saturated carbocycles. The number of anilines is 1. The number of urea groups is 1. The van der Waals surface area contributed by atoms with Crippen LogP contribution in [0.5, 0.6) is 11.5 Å². The van der Waals surface area contributed by atoms with Crippen molar-refractivity contribution < 1.29 is 14.3 Å². The standard InChI is InChI=1S/C27H29N5O3S/c1-18-12-14-21(15-13-18)32-25(19(2)28-26(33)29-23-10-5-6-11-24(23)35-4)30-31-27(32)36-17-20-8-7-9-22(16-20)34-3/h5-16,19H,17H2,1-4H3,(H2,28,29,33).